The van der Waals surface area contributed by atoms with Gasteiger partial charge in [0, 0.05) is 36.3 Å². The van der Waals surface area contributed by atoms with E-state index in [0.29, 0.717) is 23.7 Å². The molecule has 5 heteroatoms. The van der Waals surface area contributed by atoms with E-state index in [4.69, 9.17) is 11.6 Å². The number of rotatable bonds is 3. The average molecular weight is 329 g/mol. The summed E-state index contributed by atoms with van der Waals surface area (Å²) in [7, 11) is 0. The fourth-order valence-electron chi connectivity index (χ4n) is 2.80. The van der Waals surface area contributed by atoms with Gasteiger partial charge in [-0.3, -0.25) is 9.59 Å². The second-order valence-corrected chi connectivity index (χ2v) is 6.01. The Labute approximate surface area is 140 Å². The SMILES string of the molecule is CC(=O)N1CCc2cc(C(=O)NCc3cccc(Cl)c3)ccc21. The van der Waals surface area contributed by atoms with E-state index in [1.165, 1.54) is 0 Å². The van der Waals surface area contributed by atoms with Crippen LogP contribution in [-0.2, 0) is 17.8 Å². The molecule has 118 valence electrons. The van der Waals surface area contributed by atoms with Crippen LogP contribution in [0.2, 0.25) is 5.02 Å². The van der Waals surface area contributed by atoms with Gasteiger partial charge in [-0.1, -0.05) is 23.7 Å². The number of amides is 2. The number of carbonyl (C=O) groups is 2. The quantitative estimate of drug-likeness (QED) is 0.940. The molecule has 0 aromatic heterocycles. The smallest absolute Gasteiger partial charge is 0.251 e. The molecule has 1 aliphatic heterocycles. The van der Waals surface area contributed by atoms with Crippen molar-refractivity contribution in [3.63, 3.8) is 0 Å². The Morgan fingerprint density at radius 1 is 1.22 bits per heavy atom. The van der Waals surface area contributed by atoms with Crippen LogP contribution in [0.5, 0.6) is 0 Å². The maximum absolute atomic E-state index is 12.3. The summed E-state index contributed by atoms with van der Waals surface area (Å²) in [5, 5.41) is 3.54. The molecule has 4 nitrogen and oxygen atoms in total. The summed E-state index contributed by atoms with van der Waals surface area (Å²) in [4.78, 5) is 25.6. The van der Waals surface area contributed by atoms with Gasteiger partial charge in [-0.25, -0.2) is 0 Å². The van der Waals surface area contributed by atoms with E-state index in [2.05, 4.69) is 5.32 Å². The Hall–Kier alpha value is -2.33. The Kier molecular flexibility index (Phi) is 4.35. The number of carbonyl (C=O) groups excluding carboxylic acids is 2. The van der Waals surface area contributed by atoms with Crippen LogP contribution in [0.3, 0.4) is 0 Å². The molecule has 0 bridgehead atoms. The van der Waals surface area contributed by atoms with Gasteiger partial charge in [0.15, 0.2) is 0 Å². The molecule has 0 saturated carbocycles. The van der Waals surface area contributed by atoms with Crippen molar-refractivity contribution in [2.75, 3.05) is 11.4 Å². The van der Waals surface area contributed by atoms with Crippen molar-refractivity contribution in [1.29, 1.82) is 0 Å². The molecule has 3 rings (SSSR count). The van der Waals surface area contributed by atoms with Gasteiger partial charge in [-0.2, -0.15) is 0 Å². The molecule has 0 saturated heterocycles. The molecule has 0 fully saturated rings. The van der Waals surface area contributed by atoms with Crippen LogP contribution in [0.25, 0.3) is 0 Å². The van der Waals surface area contributed by atoms with Crippen LogP contribution < -0.4 is 10.2 Å². The summed E-state index contributed by atoms with van der Waals surface area (Å²) >= 11 is 5.94. The fourth-order valence-corrected chi connectivity index (χ4v) is 3.01. The van der Waals surface area contributed by atoms with E-state index in [-0.39, 0.29) is 11.8 Å². The largest absolute Gasteiger partial charge is 0.348 e. The van der Waals surface area contributed by atoms with Gasteiger partial charge in [0.2, 0.25) is 5.91 Å². The predicted molar refractivity (Wildman–Crippen MR) is 90.8 cm³/mol. The van der Waals surface area contributed by atoms with E-state index in [1.807, 2.05) is 30.3 Å². The fraction of sp³-hybridized carbons (Fsp3) is 0.222. The molecule has 0 radical (unpaired) electrons. The minimum absolute atomic E-state index is 0.0295. The number of hydrogen-bond donors (Lipinski definition) is 1. The van der Waals surface area contributed by atoms with Crippen LogP contribution in [0.4, 0.5) is 5.69 Å². The highest BCUT2D eigenvalue weighted by molar-refractivity contribution is 6.30. The van der Waals surface area contributed by atoms with Gasteiger partial charge in [0.1, 0.15) is 0 Å². The number of nitrogens with one attached hydrogen (secondary N) is 1. The number of halogens is 1. The number of benzene rings is 2. The van der Waals surface area contributed by atoms with Gasteiger partial charge in [0.05, 0.1) is 0 Å². The first kappa shape index (κ1) is 15.6. The van der Waals surface area contributed by atoms with Gasteiger partial charge >= 0.3 is 0 Å². The van der Waals surface area contributed by atoms with Crippen molar-refractivity contribution in [3.8, 4) is 0 Å². The van der Waals surface area contributed by atoms with E-state index >= 15 is 0 Å². The lowest BCUT2D eigenvalue weighted by molar-refractivity contribution is -0.116. The lowest BCUT2D eigenvalue weighted by atomic mass is 10.1. The third kappa shape index (κ3) is 3.37. The minimum atomic E-state index is -0.131. The van der Waals surface area contributed by atoms with Crippen molar-refractivity contribution >= 4 is 29.1 Å². The van der Waals surface area contributed by atoms with Gasteiger partial charge in [0.25, 0.3) is 5.91 Å². The summed E-state index contributed by atoms with van der Waals surface area (Å²) in [5.74, 6) is -0.101. The summed E-state index contributed by atoms with van der Waals surface area (Å²) in [6.45, 7) is 2.66. The second kappa shape index (κ2) is 6.42. The highest BCUT2D eigenvalue weighted by Gasteiger charge is 2.23. The second-order valence-electron chi connectivity index (χ2n) is 5.58. The molecule has 1 heterocycles. The Morgan fingerprint density at radius 2 is 2.04 bits per heavy atom. The van der Waals surface area contributed by atoms with Crippen LogP contribution in [0.1, 0.15) is 28.4 Å². The molecule has 23 heavy (non-hydrogen) atoms. The number of anilines is 1. The zero-order valence-corrected chi connectivity index (χ0v) is 13.6. The molecule has 0 atom stereocenters. The Morgan fingerprint density at radius 3 is 2.78 bits per heavy atom. The van der Waals surface area contributed by atoms with Crippen LogP contribution in [0.15, 0.2) is 42.5 Å². The molecule has 2 aromatic rings. The Balaban J connectivity index is 1.70. The maximum atomic E-state index is 12.3. The van der Waals surface area contributed by atoms with Crippen molar-refractivity contribution in [2.24, 2.45) is 0 Å². The predicted octanol–water partition coefficient (Wildman–Crippen LogP) is 3.18. The summed E-state index contributed by atoms with van der Waals surface area (Å²) in [6.07, 6.45) is 0.782. The number of hydrogen-bond acceptors (Lipinski definition) is 2. The van der Waals surface area contributed by atoms with Gasteiger partial charge in [-0.05, 0) is 47.9 Å². The topological polar surface area (TPSA) is 49.4 Å². The highest BCUT2D eigenvalue weighted by atomic mass is 35.5. The maximum Gasteiger partial charge on any atom is 0.251 e. The Bertz CT molecular complexity index is 773. The average Bonchev–Trinajstić information content (AvgIpc) is 2.96. The van der Waals surface area contributed by atoms with Crippen molar-refractivity contribution in [1.82, 2.24) is 5.32 Å². The van der Waals surface area contributed by atoms with E-state index in [1.54, 1.807) is 24.0 Å². The first-order valence-corrected chi connectivity index (χ1v) is 7.86. The molecular formula is C18H17ClN2O2. The summed E-state index contributed by atoms with van der Waals surface area (Å²) in [5.41, 5.74) is 3.51. The van der Waals surface area contributed by atoms with Crippen molar-refractivity contribution in [2.45, 2.75) is 19.9 Å². The van der Waals surface area contributed by atoms with Crippen LogP contribution >= 0.6 is 11.6 Å². The lowest BCUT2D eigenvalue weighted by Crippen LogP contribution is -2.26. The van der Waals surface area contributed by atoms with E-state index in [0.717, 1.165) is 23.2 Å². The third-order valence-corrected chi connectivity index (χ3v) is 4.19. The molecule has 2 aromatic carbocycles. The first-order valence-electron chi connectivity index (χ1n) is 7.48. The highest BCUT2D eigenvalue weighted by Crippen LogP contribution is 2.28. The summed E-state index contributed by atoms with van der Waals surface area (Å²) < 4.78 is 0. The normalized spacial score (nSPS) is 12.9. The van der Waals surface area contributed by atoms with Gasteiger partial charge in [-0.15, -0.1) is 0 Å². The zero-order chi connectivity index (χ0) is 16.4. The molecule has 1 N–H and O–H groups in total. The molecule has 0 unspecified atom stereocenters. The minimum Gasteiger partial charge on any atom is -0.348 e. The van der Waals surface area contributed by atoms with Crippen molar-refractivity contribution in [3.05, 3.63) is 64.2 Å². The molecule has 2 amide bonds. The first-order chi connectivity index (χ1) is 11.0. The molecule has 0 aliphatic carbocycles. The third-order valence-electron chi connectivity index (χ3n) is 3.96. The summed E-state index contributed by atoms with van der Waals surface area (Å²) in [6, 6.07) is 12.9. The molecular weight excluding hydrogens is 312 g/mol. The number of fused-ring (bicyclic) bond motifs is 1. The standard InChI is InChI=1S/C18H17ClN2O2/c1-12(22)21-8-7-14-10-15(5-6-17(14)21)18(23)20-11-13-3-2-4-16(19)9-13/h2-6,9-10H,7-8,11H2,1H3,(H,20,23). The monoisotopic (exact) mass is 328 g/mol. The van der Waals surface area contributed by atoms with Crippen LogP contribution in [-0.4, -0.2) is 18.4 Å². The van der Waals surface area contributed by atoms with E-state index in [9.17, 15) is 9.59 Å². The van der Waals surface area contributed by atoms with Crippen LogP contribution in [0, 0.1) is 0 Å². The van der Waals surface area contributed by atoms with Crippen molar-refractivity contribution < 1.29 is 9.59 Å². The number of nitrogens with zero attached hydrogens (tertiary/aromatic N) is 1. The molecule has 1 aliphatic rings. The van der Waals surface area contributed by atoms with Gasteiger partial charge < -0.3 is 10.2 Å². The molecule has 0 spiro atoms. The van der Waals surface area contributed by atoms with E-state index < -0.39 is 0 Å². The lowest BCUT2D eigenvalue weighted by Gasteiger charge is -2.14. The zero-order valence-electron chi connectivity index (χ0n) is 12.8.